The van der Waals surface area contributed by atoms with Gasteiger partial charge in [-0.15, -0.1) is 0 Å². The lowest BCUT2D eigenvalue weighted by atomic mass is 10.1. The van der Waals surface area contributed by atoms with Crippen molar-refractivity contribution in [1.29, 1.82) is 0 Å². The first-order valence-corrected chi connectivity index (χ1v) is 13.8. The molecule has 5 nitrogen and oxygen atoms in total. The van der Waals surface area contributed by atoms with Crippen molar-refractivity contribution in [3.8, 4) is 0 Å². The second-order valence-corrected chi connectivity index (χ2v) is 12.2. The minimum atomic E-state index is -3.87. The van der Waals surface area contributed by atoms with Crippen molar-refractivity contribution < 1.29 is 23.4 Å². The predicted octanol–water partition coefficient (Wildman–Crippen LogP) is 3.76. The maximum atomic E-state index is 9.13. The second kappa shape index (κ2) is 14.9. The summed E-state index contributed by atoms with van der Waals surface area (Å²) in [6.07, 6.45) is 15.8. The molecule has 0 rings (SSSR count). The van der Waals surface area contributed by atoms with Gasteiger partial charge in [-0.1, -0.05) is 58.3 Å². The highest BCUT2D eigenvalue weighted by Crippen LogP contribution is 2.13. The van der Waals surface area contributed by atoms with Crippen molar-refractivity contribution in [2.45, 2.75) is 90.0 Å². The fourth-order valence-corrected chi connectivity index (χ4v) is 4.55. The summed E-state index contributed by atoms with van der Waals surface area (Å²) in [4.78, 5) is 27.4. The molecule has 3 N–H and O–H groups in total. The van der Waals surface area contributed by atoms with Crippen molar-refractivity contribution >= 4 is 8.80 Å². The quantitative estimate of drug-likeness (QED) is 0.169. The Kier molecular flexibility index (Phi) is 14.9. The van der Waals surface area contributed by atoms with Crippen LogP contribution in [-0.2, 0) is 0 Å². The minimum absolute atomic E-state index is 0.148. The van der Waals surface area contributed by atoms with Crippen molar-refractivity contribution in [2.75, 3.05) is 54.4 Å². The van der Waals surface area contributed by atoms with E-state index in [1.165, 1.54) is 83.7 Å². The molecular weight excluding hydrogens is 368 g/mol. The third-order valence-corrected chi connectivity index (χ3v) is 6.94. The molecule has 0 aromatic heterocycles. The summed E-state index contributed by atoms with van der Waals surface area (Å²) in [6.45, 7) is 6.70. The van der Waals surface area contributed by atoms with E-state index in [9.17, 15) is 0 Å². The average molecular weight is 421 g/mol. The molecule has 0 aliphatic carbocycles. The van der Waals surface area contributed by atoms with E-state index in [1.54, 1.807) is 0 Å². The van der Waals surface area contributed by atoms with Crippen molar-refractivity contribution in [1.82, 2.24) is 0 Å². The fraction of sp³-hybridized carbons (Fsp3) is 1.00. The van der Waals surface area contributed by atoms with Crippen molar-refractivity contribution in [3.05, 3.63) is 0 Å². The van der Waals surface area contributed by atoms with Gasteiger partial charge in [-0.05, 0) is 12.8 Å². The first-order valence-electron chi connectivity index (χ1n) is 11.8. The molecular formula is C22H52N2O3Si+2. The number of unbranched alkanes of at least 4 members (excludes halogenated alkanes) is 9. The molecule has 0 radical (unpaired) electrons. The lowest BCUT2D eigenvalue weighted by Gasteiger charge is -2.34. The van der Waals surface area contributed by atoms with Gasteiger partial charge in [0.25, 0.3) is 0 Å². The predicted molar refractivity (Wildman–Crippen MR) is 122 cm³/mol. The lowest BCUT2D eigenvalue weighted by molar-refractivity contribution is -0.909. The average Bonchev–Trinajstić information content (AvgIpc) is 2.54. The second-order valence-electron chi connectivity index (χ2n) is 10.2. The highest BCUT2D eigenvalue weighted by atomic mass is 28.4. The highest BCUT2D eigenvalue weighted by Gasteiger charge is 2.28. The lowest BCUT2D eigenvalue weighted by Crippen LogP contribution is -2.46. The molecule has 170 valence electrons. The van der Waals surface area contributed by atoms with Crippen LogP contribution in [0.3, 0.4) is 0 Å². The van der Waals surface area contributed by atoms with Gasteiger partial charge in [0.1, 0.15) is 0 Å². The van der Waals surface area contributed by atoms with Crippen LogP contribution in [0.1, 0.15) is 84.0 Å². The van der Waals surface area contributed by atoms with E-state index in [4.69, 9.17) is 14.4 Å². The summed E-state index contributed by atoms with van der Waals surface area (Å²) in [5.74, 6) is 0. The Labute approximate surface area is 176 Å². The first kappa shape index (κ1) is 28.0. The number of hydrogen-bond acceptors (Lipinski definition) is 3. The Hall–Kier alpha value is 0.0169. The summed E-state index contributed by atoms with van der Waals surface area (Å²) in [5, 5.41) is 0. The van der Waals surface area contributed by atoms with Crippen LogP contribution in [0.2, 0.25) is 6.04 Å². The Morgan fingerprint density at radius 1 is 0.500 bits per heavy atom. The normalized spacial score (nSPS) is 13.3. The number of rotatable bonds is 19. The topological polar surface area (TPSA) is 60.7 Å². The van der Waals surface area contributed by atoms with Crippen LogP contribution in [0.25, 0.3) is 0 Å². The molecule has 0 aliphatic heterocycles. The molecule has 0 aliphatic rings. The largest absolute Gasteiger partial charge is 0.492 e. The molecule has 0 aromatic carbocycles. The number of nitrogens with zero attached hydrogens (tertiary/aromatic N) is 2. The van der Waals surface area contributed by atoms with Crippen LogP contribution in [0.4, 0.5) is 0 Å². The van der Waals surface area contributed by atoms with Crippen molar-refractivity contribution in [2.24, 2.45) is 0 Å². The molecule has 6 heteroatoms. The van der Waals surface area contributed by atoms with Gasteiger partial charge in [0.05, 0.1) is 54.4 Å². The van der Waals surface area contributed by atoms with E-state index in [2.05, 4.69) is 35.1 Å². The summed E-state index contributed by atoms with van der Waals surface area (Å²) < 4.78 is 1.97. The van der Waals surface area contributed by atoms with E-state index in [1.807, 2.05) is 0 Å². The van der Waals surface area contributed by atoms with Crippen molar-refractivity contribution in [3.63, 3.8) is 0 Å². The van der Waals surface area contributed by atoms with Gasteiger partial charge in [0.2, 0.25) is 0 Å². The first-order chi connectivity index (χ1) is 13.0. The fourth-order valence-electron chi connectivity index (χ4n) is 3.92. The van der Waals surface area contributed by atoms with Crippen LogP contribution in [-0.4, -0.2) is 86.5 Å². The molecule has 0 aromatic rings. The van der Waals surface area contributed by atoms with Gasteiger partial charge < -0.3 is 23.4 Å². The molecule has 0 saturated heterocycles. The van der Waals surface area contributed by atoms with E-state index < -0.39 is 8.80 Å². The highest BCUT2D eigenvalue weighted by molar-refractivity contribution is 6.56. The van der Waals surface area contributed by atoms with Crippen LogP contribution < -0.4 is 0 Å². The van der Waals surface area contributed by atoms with Crippen LogP contribution in [0, 0.1) is 0 Å². The molecule has 0 fully saturated rings. The molecule has 0 amide bonds. The Morgan fingerprint density at radius 3 is 1.29 bits per heavy atom. The third kappa shape index (κ3) is 19.3. The summed E-state index contributed by atoms with van der Waals surface area (Å²) in [6, 6.07) is 0.148. The Morgan fingerprint density at radius 2 is 0.857 bits per heavy atom. The maximum Gasteiger partial charge on any atom is 0.492 e. The maximum absolute atomic E-state index is 9.13. The smallest absolute Gasteiger partial charge is 0.390 e. The van der Waals surface area contributed by atoms with Gasteiger partial charge in [0, 0.05) is 18.9 Å². The zero-order valence-electron chi connectivity index (χ0n) is 19.8. The zero-order valence-corrected chi connectivity index (χ0v) is 20.8. The summed E-state index contributed by atoms with van der Waals surface area (Å²) >= 11 is 0. The van der Waals surface area contributed by atoms with Gasteiger partial charge in [-0.3, -0.25) is 0 Å². The summed E-state index contributed by atoms with van der Waals surface area (Å²) in [5.41, 5.74) is 0. The molecule has 0 atom stereocenters. The number of quaternary nitrogens is 2. The molecule has 0 bridgehead atoms. The van der Waals surface area contributed by atoms with Gasteiger partial charge in [-0.25, -0.2) is 0 Å². The van der Waals surface area contributed by atoms with Crippen LogP contribution in [0.15, 0.2) is 0 Å². The van der Waals surface area contributed by atoms with Gasteiger partial charge >= 0.3 is 8.80 Å². The molecule has 28 heavy (non-hydrogen) atoms. The van der Waals surface area contributed by atoms with E-state index in [0.29, 0.717) is 6.42 Å². The molecule has 0 saturated carbocycles. The monoisotopic (exact) mass is 420 g/mol. The standard InChI is InChI=1S/C22H52N2O3Si/c1-6-7-8-9-10-11-12-13-14-15-18-23(2,3)19-16-20-24(4,5)21-17-22-28(25,26)27/h25-27H,6-22H2,1-5H3/q+2. The van der Waals surface area contributed by atoms with E-state index >= 15 is 0 Å². The minimum Gasteiger partial charge on any atom is -0.390 e. The SMILES string of the molecule is CCCCCCCCCCCC[N+](C)(C)CCC[N+](C)(C)CCC[Si](O)(O)O. The van der Waals surface area contributed by atoms with Gasteiger partial charge in [0.15, 0.2) is 0 Å². The van der Waals surface area contributed by atoms with Crippen LogP contribution >= 0.6 is 0 Å². The molecule has 0 spiro atoms. The Bertz CT molecular complexity index is 371. The van der Waals surface area contributed by atoms with Crippen LogP contribution in [0.5, 0.6) is 0 Å². The van der Waals surface area contributed by atoms with Gasteiger partial charge in [-0.2, -0.15) is 0 Å². The van der Waals surface area contributed by atoms with E-state index in [0.717, 1.165) is 22.1 Å². The molecule has 0 heterocycles. The third-order valence-electron chi connectivity index (χ3n) is 5.92. The Balaban J connectivity index is 3.71. The number of hydrogen-bond donors (Lipinski definition) is 3. The molecule has 0 unspecified atom stereocenters. The zero-order chi connectivity index (χ0) is 21.5. The summed E-state index contributed by atoms with van der Waals surface area (Å²) in [7, 11) is 5.21. The van der Waals surface area contributed by atoms with E-state index in [-0.39, 0.29) is 6.04 Å².